The minimum atomic E-state index is -3.75. The normalized spacial score (nSPS) is 11.0. The van der Waals surface area contributed by atoms with E-state index in [9.17, 15) is 8.42 Å². The summed E-state index contributed by atoms with van der Waals surface area (Å²) in [6.07, 6.45) is 1.61. The topological polar surface area (TPSA) is 89.8 Å². The lowest BCUT2D eigenvalue weighted by Gasteiger charge is -2.12. The number of sulfonamides is 1. The second kappa shape index (κ2) is 8.05. The number of furan rings is 1. The molecule has 0 unspecified atom stereocenters. The molecule has 1 heterocycles. The molecule has 0 atom stereocenters. The summed E-state index contributed by atoms with van der Waals surface area (Å²) in [5.74, 6) is 1.62. The highest BCUT2D eigenvalue weighted by Crippen LogP contribution is 2.30. The molecule has 3 aromatic rings. The Labute approximate surface area is 158 Å². The Morgan fingerprint density at radius 1 is 0.926 bits per heavy atom. The van der Waals surface area contributed by atoms with E-state index in [2.05, 4.69) is 10.0 Å². The van der Waals surface area contributed by atoms with Gasteiger partial charge in [-0.25, -0.2) is 8.42 Å². The van der Waals surface area contributed by atoms with Gasteiger partial charge in [-0.15, -0.1) is 0 Å². The Hall–Kier alpha value is -3.13. The van der Waals surface area contributed by atoms with Gasteiger partial charge in [0.1, 0.15) is 5.76 Å². The SMILES string of the molecule is COc1ccc(S(=O)(=O)Nc2ccc(NCc3ccco3)cc2)cc1OC. The van der Waals surface area contributed by atoms with Crippen LogP contribution in [-0.2, 0) is 16.6 Å². The van der Waals surface area contributed by atoms with Crippen molar-refractivity contribution < 1.29 is 22.3 Å². The summed E-state index contributed by atoms with van der Waals surface area (Å²) in [4.78, 5) is 0.0835. The van der Waals surface area contributed by atoms with Crippen molar-refractivity contribution in [2.75, 3.05) is 24.3 Å². The molecular weight excluding hydrogens is 368 g/mol. The number of nitrogens with one attached hydrogen (secondary N) is 2. The van der Waals surface area contributed by atoms with E-state index < -0.39 is 10.0 Å². The molecule has 0 radical (unpaired) electrons. The van der Waals surface area contributed by atoms with Gasteiger partial charge >= 0.3 is 0 Å². The molecular formula is C19H20N2O5S. The van der Waals surface area contributed by atoms with E-state index in [0.717, 1.165) is 11.4 Å². The molecule has 8 heteroatoms. The van der Waals surface area contributed by atoms with Crippen molar-refractivity contribution in [3.8, 4) is 11.5 Å². The second-order valence-electron chi connectivity index (χ2n) is 5.63. The highest BCUT2D eigenvalue weighted by Gasteiger charge is 2.17. The smallest absolute Gasteiger partial charge is 0.262 e. The van der Waals surface area contributed by atoms with E-state index in [4.69, 9.17) is 13.9 Å². The van der Waals surface area contributed by atoms with Crippen LogP contribution in [0.4, 0.5) is 11.4 Å². The van der Waals surface area contributed by atoms with Gasteiger partial charge in [0.2, 0.25) is 0 Å². The molecule has 0 spiro atoms. The third kappa shape index (κ3) is 4.53. The summed E-state index contributed by atoms with van der Waals surface area (Å²) in [7, 11) is -0.806. The van der Waals surface area contributed by atoms with E-state index in [1.165, 1.54) is 26.4 Å². The Morgan fingerprint density at radius 3 is 2.26 bits per heavy atom. The minimum absolute atomic E-state index is 0.0835. The third-order valence-electron chi connectivity index (χ3n) is 3.85. The first-order valence-corrected chi connectivity index (χ1v) is 9.61. The number of benzene rings is 2. The molecule has 0 saturated heterocycles. The molecule has 27 heavy (non-hydrogen) atoms. The van der Waals surface area contributed by atoms with Gasteiger partial charge in [0.25, 0.3) is 10.0 Å². The molecule has 0 aliphatic heterocycles. The van der Waals surface area contributed by atoms with Gasteiger partial charge in [0.15, 0.2) is 11.5 Å². The van der Waals surface area contributed by atoms with Crippen molar-refractivity contribution in [1.82, 2.24) is 0 Å². The van der Waals surface area contributed by atoms with Crippen LogP contribution in [0.3, 0.4) is 0 Å². The molecule has 1 aromatic heterocycles. The lowest BCUT2D eigenvalue weighted by molar-refractivity contribution is 0.354. The van der Waals surface area contributed by atoms with E-state index >= 15 is 0 Å². The van der Waals surface area contributed by atoms with Gasteiger partial charge in [-0.3, -0.25) is 4.72 Å². The number of anilines is 2. The minimum Gasteiger partial charge on any atom is -0.493 e. The van der Waals surface area contributed by atoms with Crippen LogP contribution >= 0.6 is 0 Å². The lowest BCUT2D eigenvalue weighted by Crippen LogP contribution is -2.13. The van der Waals surface area contributed by atoms with Gasteiger partial charge < -0.3 is 19.2 Å². The van der Waals surface area contributed by atoms with Crippen LogP contribution in [0, 0.1) is 0 Å². The summed E-state index contributed by atoms with van der Waals surface area (Å²) in [6.45, 7) is 0.545. The van der Waals surface area contributed by atoms with Gasteiger partial charge in [0.05, 0.1) is 31.9 Å². The van der Waals surface area contributed by atoms with Crippen molar-refractivity contribution in [2.24, 2.45) is 0 Å². The highest BCUT2D eigenvalue weighted by atomic mass is 32.2. The molecule has 0 fully saturated rings. The summed E-state index contributed by atoms with van der Waals surface area (Å²) < 4.78 is 43.3. The van der Waals surface area contributed by atoms with Crippen LogP contribution in [0.1, 0.15) is 5.76 Å². The van der Waals surface area contributed by atoms with Crippen LogP contribution in [0.2, 0.25) is 0 Å². The lowest BCUT2D eigenvalue weighted by atomic mass is 10.3. The Balaban J connectivity index is 1.70. The highest BCUT2D eigenvalue weighted by molar-refractivity contribution is 7.92. The van der Waals surface area contributed by atoms with E-state index in [1.807, 2.05) is 12.1 Å². The van der Waals surface area contributed by atoms with Gasteiger partial charge in [-0.2, -0.15) is 0 Å². The maximum absolute atomic E-state index is 12.6. The van der Waals surface area contributed by atoms with Crippen LogP contribution in [0.25, 0.3) is 0 Å². The molecule has 142 valence electrons. The van der Waals surface area contributed by atoms with E-state index in [-0.39, 0.29) is 4.90 Å². The monoisotopic (exact) mass is 388 g/mol. The summed E-state index contributed by atoms with van der Waals surface area (Å²) in [5, 5.41) is 3.20. The zero-order chi connectivity index (χ0) is 19.3. The van der Waals surface area contributed by atoms with Crippen LogP contribution in [0.15, 0.2) is 70.2 Å². The predicted molar refractivity (Wildman–Crippen MR) is 103 cm³/mol. The first-order valence-electron chi connectivity index (χ1n) is 8.13. The summed E-state index contributed by atoms with van der Waals surface area (Å²) >= 11 is 0. The molecule has 3 rings (SSSR count). The molecule has 2 N–H and O–H groups in total. The first kappa shape index (κ1) is 18.7. The van der Waals surface area contributed by atoms with Gasteiger partial charge in [-0.05, 0) is 48.5 Å². The second-order valence-corrected chi connectivity index (χ2v) is 7.31. The van der Waals surface area contributed by atoms with E-state index in [0.29, 0.717) is 23.7 Å². The summed E-state index contributed by atoms with van der Waals surface area (Å²) in [5.41, 5.74) is 1.30. The molecule has 0 bridgehead atoms. The number of methoxy groups -OCH3 is 2. The van der Waals surface area contributed by atoms with Gasteiger partial charge in [-0.1, -0.05) is 0 Å². The maximum atomic E-state index is 12.6. The zero-order valence-electron chi connectivity index (χ0n) is 14.9. The molecule has 0 aliphatic carbocycles. The van der Waals surface area contributed by atoms with Crippen LogP contribution < -0.4 is 19.5 Å². The van der Waals surface area contributed by atoms with Crippen molar-refractivity contribution in [3.05, 3.63) is 66.6 Å². The predicted octanol–water partition coefficient (Wildman–Crippen LogP) is 3.71. The Morgan fingerprint density at radius 2 is 1.63 bits per heavy atom. The standard InChI is InChI=1S/C19H20N2O5S/c1-24-18-10-9-17(12-19(18)25-2)27(22,23)21-15-7-5-14(6-8-15)20-13-16-4-3-11-26-16/h3-12,20-21H,13H2,1-2H3. The van der Waals surface area contributed by atoms with Crippen LogP contribution in [0.5, 0.6) is 11.5 Å². The molecule has 0 amide bonds. The summed E-state index contributed by atoms with van der Waals surface area (Å²) in [6, 6.07) is 15.1. The van der Waals surface area contributed by atoms with Crippen molar-refractivity contribution in [3.63, 3.8) is 0 Å². The van der Waals surface area contributed by atoms with Crippen molar-refractivity contribution >= 4 is 21.4 Å². The number of rotatable bonds is 8. The van der Waals surface area contributed by atoms with Crippen LogP contribution in [-0.4, -0.2) is 22.6 Å². The average molecular weight is 388 g/mol. The molecule has 0 saturated carbocycles. The number of ether oxygens (including phenoxy) is 2. The first-order chi connectivity index (χ1) is 13.0. The third-order valence-corrected chi connectivity index (χ3v) is 5.23. The Kier molecular flexibility index (Phi) is 5.56. The van der Waals surface area contributed by atoms with Crippen molar-refractivity contribution in [1.29, 1.82) is 0 Å². The quantitative estimate of drug-likeness (QED) is 0.611. The fourth-order valence-corrected chi connectivity index (χ4v) is 3.53. The van der Waals surface area contributed by atoms with Crippen molar-refractivity contribution in [2.45, 2.75) is 11.4 Å². The molecule has 7 nitrogen and oxygen atoms in total. The van der Waals surface area contributed by atoms with E-state index in [1.54, 1.807) is 36.6 Å². The molecule has 2 aromatic carbocycles. The van der Waals surface area contributed by atoms with Gasteiger partial charge in [0, 0.05) is 17.4 Å². The maximum Gasteiger partial charge on any atom is 0.262 e. The fourth-order valence-electron chi connectivity index (χ4n) is 2.46. The Bertz CT molecular complexity index is 983. The zero-order valence-corrected chi connectivity index (χ0v) is 15.7. The fraction of sp³-hybridized carbons (Fsp3) is 0.158. The largest absolute Gasteiger partial charge is 0.493 e. The number of hydrogen-bond donors (Lipinski definition) is 2. The average Bonchev–Trinajstić information content (AvgIpc) is 3.20. The molecule has 0 aliphatic rings. The number of hydrogen-bond acceptors (Lipinski definition) is 6.